The van der Waals surface area contributed by atoms with Gasteiger partial charge in [0, 0.05) is 17.9 Å². The Bertz CT molecular complexity index is 692. The van der Waals surface area contributed by atoms with E-state index >= 15 is 0 Å². The minimum absolute atomic E-state index is 0.272. The molecule has 0 unspecified atom stereocenters. The van der Waals surface area contributed by atoms with Gasteiger partial charge in [-0.25, -0.2) is 4.79 Å². The summed E-state index contributed by atoms with van der Waals surface area (Å²) in [7, 11) is 0. The second-order valence-electron chi connectivity index (χ2n) is 7.38. The lowest BCUT2D eigenvalue weighted by Gasteiger charge is -2.28. The van der Waals surface area contributed by atoms with Crippen LogP contribution in [0, 0.1) is 11.8 Å². The van der Waals surface area contributed by atoms with Crippen LogP contribution in [0.4, 0.5) is 0 Å². The molecule has 0 saturated carbocycles. The van der Waals surface area contributed by atoms with E-state index in [0.717, 1.165) is 0 Å². The van der Waals surface area contributed by atoms with Crippen LogP contribution in [0.3, 0.4) is 0 Å². The van der Waals surface area contributed by atoms with E-state index in [2.05, 4.69) is 0 Å². The van der Waals surface area contributed by atoms with Gasteiger partial charge in [0.1, 0.15) is 24.6 Å². The first-order valence-corrected chi connectivity index (χ1v) is 8.98. The number of epoxide rings is 1. The monoisotopic (exact) mass is 378 g/mol. The Morgan fingerprint density at radius 1 is 1.33 bits per heavy atom. The van der Waals surface area contributed by atoms with Crippen molar-refractivity contribution in [2.75, 3.05) is 0 Å². The summed E-state index contributed by atoms with van der Waals surface area (Å²) in [6.07, 6.45) is 2.68. The highest BCUT2D eigenvalue weighted by atomic mass is 16.7. The van der Waals surface area contributed by atoms with Crippen LogP contribution >= 0.6 is 0 Å². The Hall–Kier alpha value is -2.28. The van der Waals surface area contributed by atoms with Crippen LogP contribution in [0.1, 0.15) is 41.0 Å². The van der Waals surface area contributed by atoms with Crippen molar-refractivity contribution in [1.82, 2.24) is 0 Å². The quantitative estimate of drug-likeness (QED) is 0.275. The predicted octanol–water partition coefficient (Wildman–Crippen LogP) is 1.93. The minimum atomic E-state index is -1.01. The average Bonchev–Trinajstić information content (AvgIpc) is 3.22. The summed E-state index contributed by atoms with van der Waals surface area (Å²) in [5, 5.41) is 0. The van der Waals surface area contributed by atoms with Crippen molar-refractivity contribution in [3.63, 3.8) is 0 Å². The minimum Gasteiger partial charge on any atom is -0.459 e. The van der Waals surface area contributed by atoms with Gasteiger partial charge in [-0.15, -0.1) is 0 Å². The first-order valence-electron chi connectivity index (χ1n) is 8.98. The highest BCUT2D eigenvalue weighted by Gasteiger charge is 2.64. The number of hydrogen-bond acceptors (Lipinski definition) is 7. The molecule has 6 atom stereocenters. The molecule has 148 valence electrons. The second-order valence-corrected chi connectivity index (χ2v) is 7.38. The van der Waals surface area contributed by atoms with Crippen LogP contribution in [-0.4, -0.2) is 48.4 Å². The van der Waals surface area contributed by atoms with Gasteiger partial charge in [0.2, 0.25) is 0 Å². The third kappa shape index (κ3) is 4.35. The normalized spacial score (nSPS) is 34.6. The van der Waals surface area contributed by atoms with Crippen LogP contribution in [-0.2, 0) is 33.4 Å². The number of carbonyl (C=O) groups excluding carboxylic acids is 4. The number of ether oxygens (including phenoxy) is 3. The van der Waals surface area contributed by atoms with Crippen molar-refractivity contribution in [2.24, 2.45) is 11.8 Å². The molecule has 7 heteroatoms. The van der Waals surface area contributed by atoms with Gasteiger partial charge in [-0.05, 0) is 33.8 Å². The lowest BCUT2D eigenvalue weighted by Crippen LogP contribution is -2.40. The van der Waals surface area contributed by atoms with Gasteiger partial charge in [0.15, 0.2) is 11.9 Å². The molecule has 0 aromatic carbocycles. The Balaban J connectivity index is 2.33. The molecule has 2 fully saturated rings. The van der Waals surface area contributed by atoms with Crippen molar-refractivity contribution in [3.05, 3.63) is 23.3 Å². The number of cyclic esters (lactones) is 1. The number of carbonyl (C=O) groups is 4. The Kier molecular flexibility index (Phi) is 6.36. The molecule has 0 aliphatic carbocycles. The van der Waals surface area contributed by atoms with Crippen LogP contribution in [0.5, 0.6) is 0 Å². The number of esters is 2. The molecule has 0 aromatic heterocycles. The number of aldehydes is 2. The summed E-state index contributed by atoms with van der Waals surface area (Å²) in [6, 6.07) is 0. The smallest absolute Gasteiger partial charge is 0.333 e. The number of allylic oxidation sites excluding steroid dienone is 2. The lowest BCUT2D eigenvalue weighted by atomic mass is 9.81. The number of hydrogen-bond donors (Lipinski definition) is 0. The SMILES string of the molecule is C/C=C(\C)C(=O)O[C@H](C/C(C)=C/C=O)[C@@H]1[C@@H]([C@H]2O[C@]2(C)C=O)OC(=O)[C@H]1C. The maximum absolute atomic E-state index is 12.4. The molecule has 0 spiro atoms. The molecule has 0 N–H and O–H groups in total. The fourth-order valence-electron chi connectivity index (χ4n) is 3.39. The van der Waals surface area contributed by atoms with E-state index in [1.807, 2.05) is 0 Å². The molecule has 2 aliphatic heterocycles. The molecule has 2 aliphatic rings. The maximum Gasteiger partial charge on any atom is 0.333 e. The van der Waals surface area contributed by atoms with E-state index < -0.39 is 47.7 Å². The molecule has 0 aromatic rings. The van der Waals surface area contributed by atoms with Crippen LogP contribution in [0.2, 0.25) is 0 Å². The van der Waals surface area contributed by atoms with Crippen LogP contribution < -0.4 is 0 Å². The Morgan fingerprint density at radius 2 is 2.00 bits per heavy atom. The molecule has 2 rings (SSSR count). The number of rotatable bonds is 8. The highest BCUT2D eigenvalue weighted by molar-refractivity contribution is 5.88. The van der Waals surface area contributed by atoms with Crippen molar-refractivity contribution < 1.29 is 33.4 Å². The summed E-state index contributed by atoms with van der Waals surface area (Å²) < 4.78 is 16.6. The molecule has 2 heterocycles. The van der Waals surface area contributed by atoms with Gasteiger partial charge in [0.05, 0.1) is 5.92 Å². The molecular formula is C20H26O7. The first-order chi connectivity index (χ1) is 12.7. The van der Waals surface area contributed by atoms with E-state index in [0.29, 0.717) is 23.7 Å². The first kappa shape index (κ1) is 21.0. The van der Waals surface area contributed by atoms with E-state index in [-0.39, 0.29) is 6.42 Å². The molecule has 7 nitrogen and oxygen atoms in total. The van der Waals surface area contributed by atoms with Crippen molar-refractivity contribution in [1.29, 1.82) is 0 Å². The van der Waals surface area contributed by atoms with Gasteiger partial charge in [0.25, 0.3) is 0 Å². The topological polar surface area (TPSA) is 99.3 Å². The van der Waals surface area contributed by atoms with Gasteiger partial charge in [-0.2, -0.15) is 0 Å². The molecule has 27 heavy (non-hydrogen) atoms. The van der Waals surface area contributed by atoms with Gasteiger partial charge in [-0.3, -0.25) is 9.59 Å². The Morgan fingerprint density at radius 3 is 2.52 bits per heavy atom. The third-order valence-electron chi connectivity index (χ3n) is 5.32. The van der Waals surface area contributed by atoms with Gasteiger partial charge >= 0.3 is 11.9 Å². The summed E-state index contributed by atoms with van der Waals surface area (Å²) >= 11 is 0. The zero-order chi connectivity index (χ0) is 20.4. The van der Waals surface area contributed by atoms with Crippen molar-refractivity contribution >= 4 is 24.5 Å². The second kappa shape index (κ2) is 8.17. The Labute approximate surface area is 158 Å². The predicted molar refractivity (Wildman–Crippen MR) is 95.6 cm³/mol. The summed E-state index contributed by atoms with van der Waals surface area (Å²) in [4.78, 5) is 46.6. The van der Waals surface area contributed by atoms with Crippen molar-refractivity contribution in [2.45, 2.75) is 65.0 Å². The van der Waals surface area contributed by atoms with Gasteiger partial charge in [-0.1, -0.05) is 18.6 Å². The molecule has 0 bridgehead atoms. The molecule has 2 saturated heterocycles. The van der Waals surface area contributed by atoms with E-state index in [1.54, 1.807) is 40.7 Å². The zero-order valence-electron chi connectivity index (χ0n) is 16.3. The third-order valence-corrected chi connectivity index (χ3v) is 5.32. The fraction of sp³-hybridized carbons (Fsp3) is 0.600. The fourth-order valence-corrected chi connectivity index (χ4v) is 3.39. The van der Waals surface area contributed by atoms with Crippen LogP contribution in [0.25, 0.3) is 0 Å². The van der Waals surface area contributed by atoms with Gasteiger partial charge < -0.3 is 19.0 Å². The lowest BCUT2D eigenvalue weighted by molar-refractivity contribution is -0.149. The average molecular weight is 378 g/mol. The van der Waals surface area contributed by atoms with E-state index in [4.69, 9.17) is 14.2 Å². The molecule has 0 amide bonds. The van der Waals surface area contributed by atoms with Crippen LogP contribution in [0.15, 0.2) is 23.3 Å². The standard InChI is InChI=1S/C20H26O7/c1-6-12(3)18(23)25-14(9-11(2)7-8-21)15-13(4)19(24)26-16(15)17-20(5,10-22)27-17/h6-8,10,13-17H,9H2,1-5H3/b11-7+,12-6+/t13-,14+,15+,16-,17+,20+/m0/s1. The summed E-state index contributed by atoms with van der Waals surface area (Å²) in [5.41, 5.74) is 0.141. The van der Waals surface area contributed by atoms with Crippen molar-refractivity contribution in [3.8, 4) is 0 Å². The zero-order valence-corrected chi connectivity index (χ0v) is 16.3. The summed E-state index contributed by atoms with van der Waals surface area (Å²) in [6.45, 7) is 8.44. The van der Waals surface area contributed by atoms with E-state index in [9.17, 15) is 19.2 Å². The molecular weight excluding hydrogens is 352 g/mol. The largest absolute Gasteiger partial charge is 0.459 e. The highest BCUT2D eigenvalue weighted by Crippen LogP contribution is 2.47. The van der Waals surface area contributed by atoms with E-state index in [1.165, 1.54) is 6.08 Å². The molecule has 0 radical (unpaired) electrons. The summed E-state index contributed by atoms with van der Waals surface area (Å²) in [5.74, 6) is -1.95. The maximum atomic E-state index is 12.4.